The van der Waals surface area contributed by atoms with E-state index in [1.807, 2.05) is 0 Å². The van der Waals surface area contributed by atoms with Crippen molar-refractivity contribution >= 4 is 0 Å². The number of rotatable bonds is 2. The summed E-state index contributed by atoms with van der Waals surface area (Å²) < 4.78 is 5.04. The molecule has 2 heteroatoms. The molecular weight excluding hydrogens is 114 g/mol. The quantitative estimate of drug-likeness (QED) is 0.515. The normalized spacial score (nSPS) is 35.2. The van der Waals surface area contributed by atoms with Gasteiger partial charge in [-0.1, -0.05) is 0 Å². The summed E-state index contributed by atoms with van der Waals surface area (Å²) in [4.78, 5) is 0. The van der Waals surface area contributed by atoms with Gasteiger partial charge in [-0.15, -0.1) is 0 Å². The van der Waals surface area contributed by atoms with Crippen LogP contribution in [0.15, 0.2) is 0 Å². The maximum absolute atomic E-state index is 8.63. The molecule has 1 heterocycles. The van der Waals surface area contributed by atoms with Gasteiger partial charge < -0.3 is 4.74 Å². The molecule has 0 N–H and O–H groups in total. The molecule has 0 spiro atoms. The Balaban J connectivity index is 1.90. The Morgan fingerprint density at radius 2 is 2.33 bits per heavy atom. The summed E-state index contributed by atoms with van der Waals surface area (Å²) in [6, 6.07) is 2.34. The lowest BCUT2D eigenvalue weighted by atomic mass is 10.0. The second kappa shape index (κ2) is 1.48. The van der Waals surface area contributed by atoms with E-state index in [0.29, 0.717) is 6.10 Å². The predicted octanol–water partition coefficient (Wildman–Crippen LogP) is 1.08. The number of hydrogen-bond acceptors (Lipinski definition) is 2. The molecule has 1 aliphatic carbocycles. The molecule has 0 aromatic rings. The van der Waals surface area contributed by atoms with Gasteiger partial charge in [0.15, 0.2) is 0 Å². The van der Waals surface area contributed by atoms with Gasteiger partial charge in [0, 0.05) is 0 Å². The average molecular weight is 123 g/mol. The van der Waals surface area contributed by atoms with Crippen LogP contribution in [0, 0.1) is 16.7 Å². The number of ether oxygens (including phenoxy) is 1. The molecule has 48 valence electrons. The zero-order valence-corrected chi connectivity index (χ0v) is 5.26. The molecule has 0 radical (unpaired) electrons. The number of nitriles is 1. The van der Waals surface area contributed by atoms with Crippen LogP contribution in [0.4, 0.5) is 0 Å². The van der Waals surface area contributed by atoms with E-state index in [1.54, 1.807) is 0 Å². The standard InChI is InChI=1S/C7H9NO/c8-5-7(1-2-7)3-6-4-9-6/h6H,1-4H2/t6-/m1/s1. The summed E-state index contributed by atoms with van der Waals surface area (Å²) in [7, 11) is 0. The van der Waals surface area contributed by atoms with Crippen LogP contribution < -0.4 is 0 Å². The van der Waals surface area contributed by atoms with Crippen LogP contribution in [0.25, 0.3) is 0 Å². The Bertz CT molecular complexity index is 162. The van der Waals surface area contributed by atoms with Crippen LogP contribution in [-0.2, 0) is 4.74 Å². The molecule has 0 aromatic carbocycles. The second-order valence-corrected chi connectivity index (χ2v) is 3.05. The number of hydrogen-bond donors (Lipinski definition) is 0. The second-order valence-electron chi connectivity index (χ2n) is 3.05. The van der Waals surface area contributed by atoms with E-state index in [9.17, 15) is 0 Å². The fourth-order valence-corrected chi connectivity index (χ4v) is 1.13. The van der Waals surface area contributed by atoms with Crippen LogP contribution in [-0.4, -0.2) is 12.7 Å². The highest BCUT2D eigenvalue weighted by atomic mass is 16.6. The van der Waals surface area contributed by atoms with E-state index in [-0.39, 0.29) is 5.41 Å². The monoisotopic (exact) mass is 123 g/mol. The zero-order chi connectivity index (χ0) is 6.32. The minimum absolute atomic E-state index is 0.0567. The fourth-order valence-electron chi connectivity index (χ4n) is 1.13. The SMILES string of the molecule is N#CC1(C[C@@H]2CO2)CC1. The van der Waals surface area contributed by atoms with Gasteiger partial charge in [0.2, 0.25) is 0 Å². The third-order valence-electron chi connectivity index (χ3n) is 2.11. The van der Waals surface area contributed by atoms with Crippen LogP contribution in [0.3, 0.4) is 0 Å². The molecule has 1 atom stereocenters. The van der Waals surface area contributed by atoms with Gasteiger partial charge in [0.05, 0.1) is 24.2 Å². The van der Waals surface area contributed by atoms with Gasteiger partial charge >= 0.3 is 0 Å². The lowest BCUT2D eigenvalue weighted by molar-refractivity contribution is 0.370. The summed E-state index contributed by atoms with van der Waals surface area (Å²) in [5.41, 5.74) is 0.0567. The van der Waals surface area contributed by atoms with Gasteiger partial charge in [0.25, 0.3) is 0 Å². The Kier molecular flexibility index (Phi) is 0.866. The molecule has 1 saturated carbocycles. The van der Waals surface area contributed by atoms with Crippen molar-refractivity contribution < 1.29 is 4.74 Å². The van der Waals surface area contributed by atoms with Crippen LogP contribution in [0.5, 0.6) is 0 Å². The molecule has 1 aliphatic heterocycles. The zero-order valence-electron chi connectivity index (χ0n) is 5.26. The Morgan fingerprint density at radius 3 is 2.67 bits per heavy atom. The summed E-state index contributed by atoms with van der Waals surface area (Å²) in [5, 5.41) is 8.63. The third-order valence-corrected chi connectivity index (χ3v) is 2.11. The van der Waals surface area contributed by atoms with E-state index < -0.39 is 0 Å². The van der Waals surface area contributed by atoms with Crippen molar-refractivity contribution in [1.82, 2.24) is 0 Å². The Hall–Kier alpha value is -0.550. The van der Waals surface area contributed by atoms with E-state index in [1.165, 1.54) is 0 Å². The van der Waals surface area contributed by atoms with Crippen LogP contribution in [0.1, 0.15) is 19.3 Å². The minimum Gasteiger partial charge on any atom is -0.373 e. The molecule has 2 aliphatic rings. The molecule has 2 fully saturated rings. The number of epoxide rings is 1. The van der Waals surface area contributed by atoms with Crippen molar-refractivity contribution in [1.29, 1.82) is 5.26 Å². The summed E-state index contributed by atoms with van der Waals surface area (Å²) in [6.45, 7) is 0.892. The highest BCUT2D eigenvalue weighted by molar-refractivity contribution is 5.11. The smallest absolute Gasteiger partial charge is 0.0825 e. The first-order valence-electron chi connectivity index (χ1n) is 3.38. The van der Waals surface area contributed by atoms with Crippen molar-refractivity contribution in [3.8, 4) is 6.07 Å². The highest BCUT2D eigenvalue weighted by Gasteiger charge is 2.47. The van der Waals surface area contributed by atoms with Crippen molar-refractivity contribution in [2.24, 2.45) is 5.41 Å². The van der Waals surface area contributed by atoms with Crippen molar-refractivity contribution in [3.05, 3.63) is 0 Å². The maximum Gasteiger partial charge on any atom is 0.0825 e. The van der Waals surface area contributed by atoms with E-state index in [0.717, 1.165) is 25.9 Å². The van der Waals surface area contributed by atoms with Gasteiger partial charge in [-0.05, 0) is 19.3 Å². The fraction of sp³-hybridized carbons (Fsp3) is 0.857. The van der Waals surface area contributed by atoms with Crippen LogP contribution >= 0.6 is 0 Å². The Labute approximate surface area is 54.4 Å². The van der Waals surface area contributed by atoms with E-state index >= 15 is 0 Å². The van der Waals surface area contributed by atoms with Crippen molar-refractivity contribution in [2.75, 3.05) is 6.61 Å². The van der Waals surface area contributed by atoms with Gasteiger partial charge in [-0.25, -0.2) is 0 Å². The predicted molar refractivity (Wildman–Crippen MR) is 31.6 cm³/mol. The Morgan fingerprint density at radius 1 is 1.67 bits per heavy atom. The highest BCUT2D eigenvalue weighted by Crippen LogP contribution is 2.50. The topological polar surface area (TPSA) is 36.3 Å². The first-order chi connectivity index (χ1) is 4.35. The number of nitrogens with zero attached hydrogens (tertiary/aromatic N) is 1. The molecule has 0 unspecified atom stereocenters. The summed E-state index contributed by atoms with van der Waals surface area (Å²) in [5.74, 6) is 0. The molecule has 2 nitrogen and oxygen atoms in total. The molecule has 9 heavy (non-hydrogen) atoms. The largest absolute Gasteiger partial charge is 0.373 e. The van der Waals surface area contributed by atoms with Gasteiger partial charge in [0.1, 0.15) is 0 Å². The first kappa shape index (κ1) is 5.25. The summed E-state index contributed by atoms with van der Waals surface area (Å²) >= 11 is 0. The minimum atomic E-state index is 0.0567. The lowest BCUT2D eigenvalue weighted by Crippen LogP contribution is -2.00. The summed E-state index contributed by atoms with van der Waals surface area (Å²) in [6.07, 6.45) is 3.63. The lowest BCUT2D eigenvalue weighted by Gasteiger charge is -1.97. The first-order valence-corrected chi connectivity index (χ1v) is 3.38. The van der Waals surface area contributed by atoms with E-state index in [4.69, 9.17) is 10.00 Å². The van der Waals surface area contributed by atoms with Crippen molar-refractivity contribution in [2.45, 2.75) is 25.4 Å². The molecule has 1 saturated heterocycles. The molecule has 0 bridgehead atoms. The van der Waals surface area contributed by atoms with E-state index in [2.05, 4.69) is 6.07 Å². The molecule has 0 aromatic heterocycles. The van der Waals surface area contributed by atoms with Gasteiger partial charge in [-0.3, -0.25) is 0 Å². The third kappa shape index (κ3) is 0.927. The average Bonchev–Trinajstić information content (AvgIpc) is 2.68. The molecule has 0 amide bonds. The maximum atomic E-state index is 8.63. The molecule has 2 rings (SSSR count). The molecular formula is C7H9NO. The van der Waals surface area contributed by atoms with Crippen molar-refractivity contribution in [3.63, 3.8) is 0 Å². The van der Waals surface area contributed by atoms with Gasteiger partial charge in [-0.2, -0.15) is 5.26 Å². The van der Waals surface area contributed by atoms with Crippen LogP contribution in [0.2, 0.25) is 0 Å².